The zero-order valence-electron chi connectivity index (χ0n) is 12.4. The number of allylic oxidation sites excluding steroid dienone is 1. The average molecular weight is 316 g/mol. The highest BCUT2D eigenvalue weighted by atomic mass is 16.7. The highest BCUT2D eigenvalue weighted by molar-refractivity contribution is 5.92. The van der Waals surface area contributed by atoms with Gasteiger partial charge in [0.25, 0.3) is 0 Å². The Balaban J connectivity index is 1.65. The summed E-state index contributed by atoms with van der Waals surface area (Å²) in [7, 11) is 0. The van der Waals surface area contributed by atoms with Crippen molar-refractivity contribution in [1.29, 1.82) is 0 Å². The van der Waals surface area contributed by atoms with Gasteiger partial charge < -0.3 is 19.3 Å². The third-order valence-corrected chi connectivity index (χ3v) is 4.27. The van der Waals surface area contributed by atoms with E-state index in [1.54, 1.807) is 18.3 Å². The van der Waals surface area contributed by atoms with Gasteiger partial charge in [0.2, 0.25) is 0 Å². The first kappa shape index (κ1) is 14.2. The minimum atomic E-state index is -1.09. The number of nitrogens with zero attached hydrogens (tertiary/aromatic N) is 2. The van der Waals surface area contributed by atoms with Gasteiger partial charge in [-0.15, -0.1) is 0 Å². The van der Waals surface area contributed by atoms with Gasteiger partial charge in [0.15, 0.2) is 17.4 Å². The van der Waals surface area contributed by atoms with Crippen LogP contribution in [-0.4, -0.2) is 35.2 Å². The lowest BCUT2D eigenvalue weighted by Gasteiger charge is -2.34. The number of fused-ring (bicyclic) bond motifs is 1. The fourth-order valence-corrected chi connectivity index (χ4v) is 3.14. The maximum atomic E-state index is 11.7. The number of hydrogen-bond donors (Lipinski definition) is 1. The molecule has 0 saturated carbocycles. The molecule has 7 nitrogen and oxygen atoms in total. The summed E-state index contributed by atoms with van der Waals surface area (Å²) in [6.45, 7) is 1.21. The Morgan fingerprint density at radius 3 is 2.87 bits per heavy atom. The highest BCUT2D eigenvalue weighted by Gasteiger charge is 2.40. The molecule has 0 bridgehead atoms. The third-order valence-electron chi connectivity index (χ3n) is 4.27. The van der Waals surface area contributed by atoms with Crippen LogP contribution in [0.4, 0.5) is 10.6 Å². The molecule has 2 aliphatic heterocycles. The van der Waals surface area contributed by atoms with Crippen LogP contribution >= 0.6 is 0 Å². The Hall–Kier alpha value is -2.38. The maximum absolute atomic E-state index is 11.7. The molecule has 7 heteroatoms. The van der Waals surface area contributed by atoms with Crippen molar-refractivity contribution in [2.24, 2.45) is 0 Å². The predicted octanol–water partition coefficient (Wildman–Crippen LogP) is 2.65. The van der Waals surface area contributed by atoms with Crippen LogP contribution in [0.5, 0.6) is 5.75 Å². The molecule has 1 aromatic heterocycles. The van der Waals surface area contributed by atoms with Crippen LogP contribution < -0.4 is 9.64 Å². The molecule has 3 heterocycles. The lowest BCUT2D eigenvalue weighted by Crippen LogP contribution is -2.36. The number of pyridine rings is 1. The topological polar surface area (TPSA) is 81.1 Å². The smallest absolute Gasteiger partial charge is 0.417 e. The molecule has 120 valence electrons. The second-order valence-corrected chi connectivity index (χ2v) is 5.61. The van der Waals surface area contributed by atoms with E-state index in [-0.39, 0.29) is 5.82 Å². The molecule has 0 unspecified atom stereocenters. The van der Waals surface area contributed by atoms with Crippen molar-refractivity contribution in [3.05, 3.63) is 41.9 Å². The number of carboxylic acid groups (broad SMARTS) is 1. The largest absolute Gasteiger partial charge is 0.464 e. The van der Waals surface area contributed by atoms with Crippen LogP contribution in [0, 0.1) is 0 Å². The number of ether oxygens (including phenoxy) is 3. The Kier molecular flexibility index (Phi) is 3.32. The molecule has 1 N–H and O–H groups in total. The van der Waals surface area contributed by atoms with Gasteiger partial charge in [-0.2, -0.15) is 0 Å². The molecule has 3 aliphatic rings. The van der Waals surface area contributed by atoms with Gasteiger partial charge in [-0.05, 0) is 24.1 Å². The minimum Gasteiger partial charge on any atom is -0.464 e. The standard InChI is InChI=1S/C16H16N2O5/c19-15(20)18-12(10-21-13-2-1-7-17-14(13)18)11-3-5-16(6-4-11)22-8-9-23-16/h1-3,7,10H,4-6,8-9H2,(H,19,20). The first-order chi connectivity index (χ1) is 11.2. The van der Waals surface area contributed by atoms with Crippen molar-refractivity contribution in [2.75, 3.05) is 18.1 Å². The van der Waals surface area contributed by atoms with E-state index in [1.807, 2.05) is 6.08 Å². The van der Waals surface area contributed by atoms with E-state index in [4.69, 9.17) is 14.2 Å². The summed E-state index contributed by atoms with van der Waals surface area (Å²) in [5.74, 6) is 0.171. The maximum Gasteiger partial charge on any atom is 0.417 e. The Morgan fingerprint density at radius 2 is 2.17 bits per heavy atom. The van der Waals surface area contributed by atoms with Crippen molar-refractivity contribution in [3.8, 4) is 5.75 Å². The van der Waals surface area contributed by atoms with Gasteiger partial charge >= 0.3 is 6.09 Å². The summed E-state index contributed by atoms with van der Waals surface area (Å²) >= 11 is 0. The number of amides is 1. The third kappa shape index (κ3) is 2.38. The number of anilines is 1. The fourth-order valence-electron chi connectivity index (χ4n) is 3.14. The summed E-state index contributed by atoms with van der Waals surface area (Å²) in [6.07, 6.45) is 5.84. The second kappa shape index (κ2) is 5.36. The van der Waals surface area contributed by atoms with Gasteiger partial charge in [0.1, 0.15) is 6.26 Å². The molecule has 1 amide bonds. The molecule has 1 saturated heterocycles. The minimum absolute atomic E-state index is 0.284. The number of carbonyl (C=O) groups is 1. The van der Waals surface area contributed by atoms with Crippen LogP contribution in [0.2, 0.25) is 0 Å². The average Bonchev–Trinajstić information content (AvgIpc) is 3.02. The molecule has 23 heavy (non-hydrogen) atoms. The molecule has 1 spiro atoms. The number of aromatic nitrogens is 1. The highest BCUT2D eigenvalue weighted by Crippen LogP contribution is 2.41. The quantitative estimate of drug-likeness (QED) is 0.858. The molecular formula is C16H16N2O5. The van der Waals surface area contributed by atoms with Gasteiger partial charge in [0.05, 0.1) is 18.9 Å². The lowest BCUT2D eigenvalue weighted by molar-refractivity contribution is -0.161. The Bertz CT molecular complexity index is 706. The number of hydrogen-bond acceptors (Lipinski definition) is 5. The second-order valence-electron chi connectivity index (χ2n) is 5.61. The van der Waals surface area contributed by atoms with Crippen molar-refractivity contribution >= 4 is 11.9 Å². The zero-order valence-corrected chi connectivity index (χ0v) is 12.4. The molecular weight excluding hydrogens is 300 g/mol. The van der Waals surface area contributed by atoms with Crippen molar-refractivity contribution < 1.29 is 24.1 Å². The summed E-state index contributed by atoms with van der Waals surface area (Å²) in [4.78, 5) is 17.0. The van der Waals surface area contributed by atoms with E-state index in [2.05, 4.69) is 4.98 Å². The molecule has 1 fully saturated rings. The fraction of sp³-hybridized carbons (Fsp3) is 0.375. The Morgan fingerprint density at radius 1 is 1.35 bits per heavy atom. The molecule has 0 aromatic carbocycles. The van der Waals surface area contributed by atoms with Crippen LogP contribution in [-0.2, 0) is 9.47 Å². The summed E-state index contributed by atoms with van der Waals surface area (Å²) in [5, 5.41) is 9.60. The van der Waals surface area contributed by atoms with Crippen molar-refractivity contribution in [1.82, 2.24) is 4.98 Å². The zero-order chi connectivity index (χ0) is 15.9. The van der Waals surface area contributed by atoms with Gasteiger partial charge in [-0.1, -0.05) is 6.08 Å². The first-order valence-electron chi connectivity index (χ1n) is 7.51. The van der Waals surface area contributed by atoms with E-state index < -0.39 is 11.9 Å². The molecule has 0 atom stereocenters. The van der Waals surface area contributed by atoms with E-state index >= 15 is 0 Å². The monoisotopic (exact) mass is 316 g/mol. The van der Waals surface area contributed by atoms with E-state index in [0.717, 1.165) is 5.57 Å². The summed E-state index contributed by atoms with van der Waals surface area (Å²) in [5.41, 5.74) is 1.39. The van der Waals surface area contributed by atoms with Crippen LogP contribution in [0.15, 0.2) is 41.9 Å². The molecule has 1 aromatic rings. The number of rotatable bonds is 1. The first-order valence-corrected chi connectivity index (χ1v) is 7.51. The summed E-state index contributed by atoms with van der Waals surface area (Å²) in [6, 6.07) is 3.39. The molecule has 0 radical (unpaired) electrons. The van der Waals surface area contributed by atoms with Crippen LogP contribution in [0.25, 0.3) is 0 Å². The normalized spacial score (nSPS) is 22.2. The van der Waals surface area contributed by atoms with Gasteiger partial charge in [-0.3, -0.25) is 0 Å². The van der Waals surface area contributed by atoms with Crippen LogP contribution in [0.3, 0.4) is 0 Å². The van der Waals surface area contributed by atoms with Crippen molar-refractivity contribution in [3.63, 3.8) is 0 Å². The van der Waals surface area contributed by atoms with Crippen molar-refractivity contribution in [2.45, 2.75) is 25.0 Å². The van der Waals surface area contributed by atoms with E-state index in [9.17, 15) is 9.90 Å². The summed E-state index contributed by atoms with van der Waals surface area (Å²) < 4.78 is 16.9. The Labute approximate surface area is 132 Å². The van der Waals surface area contributed by atoms with Gasteiger partial charge in [0, 0.05) is 19.0 Å². The van der Waals surface area contributed by atoms with Gasteiger partial charge in [-0.25, -0.2) is 14.7 Å². The predicted molar refractivity (Wildman–Crippen MR) is 80.0 cm³/mol. The molecule has 4 rings (SSSR count). The lowest BCUT2D eigenvalue weighted by atomic mass is 9.92. The SMILES string of the molecule is O=C(O)N1C(C2=CCC3(CC2)OCCO3)=COc2cccnc21. The molecule has 1 aliphatic carbocycles. The van der Waals surface area contributed by atoms with E-state index in [1.165, 1.54) is 11.2 Å². The van der Waals surface area contributed by atoms with Crippen LogP contribution in [0.1, 0.15) is 19.3 Å². The van der Waals surface area contributed by atoms with E-state index in [0.29, 0.717) is 43.9 Å².